The van der Waals surface area contributed by atoms with Crippen molar-refractivity contribution in [3.63, 3.8) is 0 Å². The maximum Gasteiger partial charge on any atom is 0.281 e. The van der Waals surface area contributed by atoms with Crippen molar-refractivity contribution in [2.24, 2.45) is 7.05 Å². The predicted octanol–water partition coefficient (Wildman–Crippen LogP) is -0.958. The van der Waals surface area contributed by atoms with E-state index in [-0.39, 0.29) is 11.0 Å². The minimum Gasteiger partial charge on any atom is -0.332 e. The number of nitrogens with one attached hydrogen (secondary N) is 2. The van der Waals surface area contributed by atoms with Crippen molar-refractivity contribution >= 4 is 16.0 Å². The molecule has 16 heavy (non-hydrogen) atoms. The van der Waals surface area contributed by atoms with Crippen LogP contribution in [-0.4, -0.2) is 38.6 Å². The second-order valence-electron chi connectivity index (χ2n) is 3.04. The molecule has 2 aromatic heterocycles. The number of aromatic nitrogens is 6. The number of H-pyrrole nitrogens is 1. The molecule has 2 rings (SSSR count). The van der Waals surface area contributed by atoms with Gasteiger partial charge in [-0.2, -0.15) is 13.2 Å². The van der Waals surface area contributed by atoms with Gasteiger partial charge in [-0.1, -0.05) is 5.10 Å². The molecular formula is C6H9N7O2S. The highest BCUT2D eigenvalue weighted by molar-refractivity contribution is 7.92. The first kappa shape index (κ1) is 10.5. The fourth-order valence-corrected chi connectivity index (χ4v) is 1.94. The van der Waals surface area contributed by atoms with Gasteiger partial charge >= 0.3 is 0 Å². The lowest BCUT2D eigenvalue weighted by Crippen LogP contribution is -2.14. The third kappa shape index (κ3) is 2.00. The number of anilines is 1. The monoisotopic (exact) mass is 243 g/mol. The zero-order valence-corrected chi connectivity index (χ0v) is 9.35. The van der Waals surface area contributed by atoms with E-state index in [2.05, 4.69) is 30.1 Å². The molecule has 2 aromatic rings. The molecule has 0 aromatic carbocycles. The Morgan fingerprint density at radius 1 is 1.50 bits per heavy atom. The highest BCUT2D eigenvalue weighted by atomic mass is 32.2. The van der Waals surface area contributed by atoms with Crippen LogP contribution in [0.5, 0.6) is 0 Å². The number of rotatable bonds is 3. The highest BCUT2D eigenvalue weighted by Crippen LogP contribution is 2.09. The topological polar surface area (TPSA) is 118 Å². The number of aryl methyl sites for hydroxylation is 2. The Morgan fingerprint density at radius 3 is 2.75 bits per heavy atom. The molecule has 0 bridgehead atoms. The largest absolute Gasteiger partial charge is 0.332 e. The van der Waals surface area contributed by atoms with E-state index < -0.39 is 10.0 Å². The van der Waals surface area contributed by atoms with E-state index in [4.69, 9.17) is 0 Å². The molecule has 0 amide bonds. The summed E-state index contributed by atoms with van der Waals surface area (Å²) in [7, 11) is -2.19. The summed E-state index contributed by atoms with van der Waals surface area (Å²) in [6.07, 6.45) is 1.22. The summed E-state index contributed by atoms with van der Waals surface area (Å²) in [4.78, 5) is 7.54. The van der Waals surface area contributed by atoms with Crippen LogP contribution in [0.25, 0.3) is 0 Å². The van der Waals surface area contributed by atoms with E-state index in [1.54, 1.807) is 6.92 Å². The number of aromatic amines is 1. The van der Waals surface area contributed by atoms with Crippen LogP contribution in [0.4, 0.5) is 5.95 Å². The van der Waals surface area contributed by atoms with E-state index >= 15 is 0 Å². The Labute approximate surface area is 90.9 Å². The molecule has 0 aliphatic carbocycles. The van der Waals surface area contributed by atoms with Crippen LogP contribution in [0.15, 0.2) is 11.2 Å². The number of hydrogen-bond acceptors (Lipinski definition) is 6. The molecule has 9 nitrogen and oxygen atoms in total. The van der Waals surface area contributed by atoms with E-state index in [0.717, 1.165) is 4.80 Å². The lowest BCUT2D eigenvalue weighted by Gasteiger charge is -1.99. The van der Waals surface area contributed by atoms with Crippen molar-refractivity contribution in [1.29, 1.82) is 0 Å². The van der Waals surface area contributed by atoms with Crippen molar-refractivity contribution in [3.05, 3.63) is 12.0 Å². The molecule has 0 fully saturated rings. The molecular weight excluding hydrogens is 234 g/mol. The number of nitrogens with zero attached hydrogens (tertiary/aromatic N) is 5. The average Bonchev–Trinajstić information content (AvgIpc) is 2.75. The van der Waals surface area contributed by atoms with Crippen LogP contribution in [0.2, 0.25) is 0 Å². The molecule has 10 heteroatoms. The van der Waals surface area contributed by atoms with Gasteiger partial charge in [0.15, 0.2) is 5.03 Å². The van der Waals surface area contributed by atoms with E-state index in [0.29, 0.717) is 5.82 Å². The first-order valence-corrected chi connectivity index (χ1v) is 5.74. The minimum absolute atomic E-state index is 0.0440. The van der Waals surface area contributed by atoms with Crippen LogP contribution >= 0.6 is 0 Å². The normalized spacial score (nSPS) is 11.6. The zero-order valence-electron chi connectivity index (χ0n) is 8.54. The Balaban J connectivity index is 2.27. The van der Waals surface area contributed by atoms with Crippen LogP contribution in [0.3, 0.4) is 0 Å². The molecule has 0 spiro atoms. The van der Waals surface area contributed by atoms with Crippen LogP contribution in [0.1, 0.15) is 5.82 Å². The average molecular weight is 243 g/mol. The standard InChI is InChI=1S/C6H9N7O2S/c1-4-7-3-5(8-4)16(14,15)11-6-9-12-13(2)10-6/h3H,1-2H3,(H,7,8)(H,10,11). The third-order valence-electron chi connectivity index (χ3n) is 1.70. The predicted molar refractivity (Wildman–Crippen MR) is 52.9 cm³/mol. The SMILES string of the molecule is Cc1ncc(S(=O)(=O)Nc2nnn(C)n2)[nH]1. The number of hydrogen-bond donors (Lipinski definition) is 2. The molecule has 0 aliphatic rings. The van der Waals surface area contributed by atoms with Crippen molar-refractivity contribution in [1.82, 2.24) is 30.2 Å². The van der Waals surface area contributed by atoms with Gasteiger partial charge < -0.3 is 4.98 Å². The number of imidazole rings is 1. The van der Waals surface area contributed by atoms with Gasteiger partial charge in [-0.25, -0.2) is 9.71 Å². The van der Waals surface area contributed by atoms with Crippen molar-refractivity contribution in [3.8, 4) is 0 Å². The second kappa shape index (κ2) is 3.56. The van der Waals surface area contributed by atoms with Crippen molar-refractivity contribution < 1.29 is 8.42 Å². The molecule has 0 unspecified atom stereocenters. The summed E-state index contributed by atoms with van der Waals surface area (Å²) in [6, 6.07) is 0. The summed E-state index contributed by atoms with van der Waals surface area (Å²) in [5, 5.41) is 10.7. The summed E-state index contributed by atoms with van der Waals surface area (Å²) >= 11 is 0. The van der Waals surface area contributed by atoms with E-state index in [1.807, 2.05) is 0 Å². The van der Waals surface area contributed by atoms with Crippen LogP contribution in [0, 0.1) is 6.92 Å². The van der Waals surface area contributed by atoms with Crippen LogP contribution < -0.4 is 4.72 Å². The fraction of sp³-hybridized carbons (Fsp3) is 0.333. The summed E-state index contributed by atoms with van der Waals surface area (Å²) in [5.41, 5.74) is 0. The molecule has 0 saturated carbocycles. The molecule has 0 atom stereocenters. The van der Waals surface area contributed by atoms with Crippen molar-refractivity contribution in [2.45, 2.75) is 11.9 Å². The summed E-state index contributed by atoms with van der Waals surface area (Å²) in [6.45, 7) is 1.65. The molecule has 2 heterocycles. The van der Waals surface area contributed by atoms with Gasteiger partial charge in [0, 0.05) is 0 Å². The number of sulfonamides is 1. The van der Waals surface area contributed by atoms with E-state index in [9.17, 15) is 8.42 Å². The lowest BCUT2D eigenvalue weighted by molar-refractivity contribution is 0.597. The van der Waals surface area contributed by atoms with Gasteiger partial charge in [-0.05, 0) is 12.1 Å². The maximum atomic E-state index is 11.7. The quantitative estimate of drug-likeness (QED) is 0.716. The minimum atomic E-state index is -3.73. The van der Waals surface area contributed by atoms with Gasteiger partial charge in [0.1, 0.15) is 5.82 Å². The lowest BCUT2D eigenvalue weighted by atomic mass is 10.8. The Bertz CT molecular complexity index is 598. The molecule has 2 N–H and O–H groups in total. The zero-order chi connectivity index (χ0) is 11.8. The smallest absolute Gasteiger partial charge is 0.281 e. The molecule has 0 radical (unpaired) electrons. The van der Waals surface area contributed by atoms with Gasteiger partial charge in [-0.15, -0.1) is 5.10 Å². The second-order valence-corrected chi connectivity index (χ2v) is 4.69. The summed E-state index contributed by atoms with van der Waals surface area (Å²) < 4.78 is 25.6. The summed E-state index contributed by atoms with van der Waals surface area (Å²) in [5.74, 6) is 0.419. The first-order chi connectivity index (χ1) is 7.47. The Hall–Kier alpha value is -1.97. The van der Waals surface area contributed by atoms with Gasteiger partial charge in [0.25, 0.3) is 16.0 Å². The van der Waals surface area contributed by atoms with Gasteiger partial charge in [0.2, 0.25) is 0 Å². The highest BCUT2D eigenvalue weighted by Gasteiger charge is 2.18. The van der Waals surface area contributed by atoms with Crippen molar-refractivity contribution in [2.75, 3.05) is 4.72 Å². The van der Waals surface area contributed by atoms with E-state index in [1.165, 1.54) is 13.2 Å². The third-order valence-corrected chi connectivity index (χ3v) is 2.94. The molecule has 86 valence electrons. The van der Waals surface area contributed by atoms with Crippen LogP contribution in [-0.2, 0) is 17.1 Å². The molecule has 0 aliphatic heterocycles. The molecule has 0 saturated heterocycles. The fourth-order valence-electron chi connectivity index (χ4n) is 1.04. The number of tetrazole rings is 1. The Kier molecular flexibility index (Phi) is 2.34. The van der Waals surface area contributed by atoms with Gasteiger partial charge in [0.05, 0.1) is 13.2 Å². The van der Waals surface area contributed by atoms with Gasteiger partial charge in [-0.3, -0.25) is 0 Å². The maximum absolute atomic E-state index is 11.7. The Morgan fingerprint density at radius 2 is 2.25 bits per heavy atom. The first-order valence-electron chi connectivity index (χ1n) is 4.26.